The third-order valence-electron chi connectivity index (χ3n) is 2.73. The van der Waals surface area contributed by atoms with Crippen molar-refractivity contribution in [2.75, 3.05) is 7.05 Å². The molecule has 1 rings (SSSR count). The summed E-state index contributed by atoms with van der Waals surface area (Å²) >= 11 is 0. The van der Waals surface area contributed by atoms with Gasteiger partial charge in [-0.05, 0) is 39.8 Å². The largest absolute Gasteiger partial charge is 0.491 e. The fourth-order valence-corrected chi connectivity index (χ4v) is 1.90. The Balaban J connectivity index is 2.74. The number of likely N-dealkylation sites (N-methyl/N-ethyl adjacent to an activating group) is 1. The second-order valence-corrected chi connectivity index (χ2v) is 4.63. The summed E-state index contributed by atoms with van der Waals surface area (Å²) in [5.74, 6) is 0.964. The highest BCUT2D eigenvalue weighted by molar-refractivity contribution is 5.31. The summed E-state index contributed by atoms with van der Waals surface area (Å²) in [5.41, 5.74) is 1.19. The minimum absolute atomic E-state index is 0.204. The van der Waals surface area contributed by atoms with Gasteiger partial charge in [-0.25, -0.2) is 0 Å². The van der Waals surface area contributed by atoms with E-state index in [1.165, 1.54) is 18.4 Å². The Morgan fingerprint density at radius 1 is 1.41 bits per heavy atom. The van der Waals surface area contributed by atoms with Gasteiger partial charge < -0.3 is 10.1 Å². The molecule has 3 heteroatoms. The fraction of sp³-hybridized carbons (Fsp3) is 0.643. The lowest BCUT2D eigenvalue weighted by atomic mass is 10.0. The number of nitrogens with zero attached hydrogens (tertiary/aromatic N) is 1. The van der Waals surface area contributed by atoms with Gasteiger partial charge in [0.15, 0.2) is 0 Å². The standard InChI is InChI=1S/C14H24N2O/c1-5-6-13(15-4)9-12-10-16-8-7-14(12)17-11(2)3/h7-8,10-11,13,15H,5-6,9H2,1-4H3/t13-/m1/s1. The fourth-order valence-electron chi connectivity index (χ4n) is 1.90. The lowest BCUT2D eigenvalue weighted by Crippen LogP contribution is -2.27. The van der Waals surface area contributed by atoms with Crippen LogP contribution in [-0.4, -0.2) is 24.2 Å². The maximum absolute atomic E-state index is 5.80. The topological polar surface area (TPSA) is 34.1 Å². The van der Waals surface area contributed by atoms with E-state index in [0.717, 1.165) is 12.2 Å². The predicted molar refractivity (Wildman–Crippen MR) is 71.5 cm³/mol. The van der Waals surface area contributed by atoms with E-state index in [9.17, 15) is 0 Å². The molecule has 1 N–H and O–H groups in total. The van der Waals surface area contributed by atoms with Crippen LogP contribution in [0.15, 0.2) is 18.5 Å². The molecule has 0 spiro atoms. The van der Waals surface area contributed by atoms with Gasteiger partial charge in [-0.3, -0.25) is 4.98 Å². The van der Waals surface area contributed by atoms with Gasteiger partial charge in [0.05, 0.1) is 6.10 Å². The number of ether oxygens (including phenoxy) is 1. The summed E-state index contributed by atoms with van der Waals surface area (Å²) in [5, 5.41) is 3.35. The molecule has 1 aromatic rings. The van der Waals surface area contributed by atoms with Gasteiger partial charge in [-0.15, -0.1) is 0 Å². The van der Waals surface area contributed by atoms with Crippen LogP contribution in [0.3, 0.4) is 0 Å². The molecule has 0 amide bonds. The van der Waals surface area contributed by atoms with Gasteiger partial charge in [0.2, 0.25) is 0 Å². The van der Waals surface area contributed by atoms with Crippen LogP contribution in [-0.2, 0) is 6.42 Å². The van der Waals surface area contributed by atoms with Crippen molar-refractivity contribution in [2.24, 2.45) is 0 Å². The molecule has 0 saturated carbocycles. The van der Waals surface area contributed by atoms with Gasteiger partial charge in [0, 0.05) is 24.0 Å². The lowest BCUT2D eigenvalue weighted by molar-refractivity contribution is 0.239. The molecular formula is C14H24N2O. The van der Waals surface area contributed by atoms with Crippen LogP contribution in [0.4, 0.5) is 0 Å². The Morgan fingerprint density at radius 3 is 2.76 bits per heavy atom. The number of hydrogen-bond acceptors (Lipinski definition) is 3. The molecule has 0 bridgehead atoms. The van der Waals surface area contributed by atoms with Crippen molar-refractivity contribution < 1.29 is 4.74 Å². The first-order valence-electron chi connectivity index (χ1n) is 6.44. The molecule has 0 saturated heterocycles. The molecule has 0 aliphatic carbocycles. The van der Waals surface area contributed by atoms with E-state index in [4.69, 9.17) is 4.74 Å². The average molecular weight is 236 g/mol. The zero-order chi connectivity index (χ0) is 12.7. The van der Waals surface area contributed by atoms with Crippen molar-refractivity contribution in [1.82, 2.24) is 10.3 Å². The minimum Gasteiger partial charge on any atom is -0.491 e. The van der Waals surface area contributed by atoms with E-state index in [1.54, 1.807) is 6.20 Å². The van der Waals surface area contributed by atoms with E-state index in [2.05, 4.69) is 17.2 Å². The Hall–Kier alpha value is -1.09. The molecule has 0 aliphatic rings. The Morgan fingerprint density at radius 2 is 2.18 bits per heavy atom. The zero-order valence-corrected chi connectivity index (χ0v) is 11.4. The molecule has 1 atom stereocenters. The van der Waals surface area contributed by atoms with Crippen LogP contribution in [0.2, 0.25) is 0 Å². The van der Waals surface area contributed by atoms with Crippen molar-refractivity contribution in [2.45, 2.75) is 52.2 Å². The van der Waals surface area contributed by atoms with Gasteiger partial charge >= 0.3 is 0 Å². The molecule has 1 heterocycles. The van der Waals surface area contributed by atoms with E-state index in [0.29, 0.717) is 6.04 Å². The summed E-state index contributed by atoms with van der Waals surface area (Å²) in [4.78, 5) is 4.19. The van der Waals surface area contributed by atoms with Crippen LogP contribution in [0.1, 0.15) is 39.2 Å². The second-order valence-electron chi connectivity index (χ2n) is 4.63. The van der Waals surface area contributed by atoms with Crippen molar-refractivity contribution in [3.05, 3.63) is 24.0 Å². The Labute approximate surface area is 105 Å². The third kappa shape index (κ3) is 4.73. The first-order valence-corrected chi connectivity index (χ1v) is 6.44. The average Bonchev–Trinajstić information content (AvgIpc) is 2.30. The number of hydrogen-bond donors (Lipinski definition) is 1. The first-order chi connectivity index (χ1) is 8.17. The molecular weight excluding hydrogens is 212 g/mol. The number of aromatic nitrogens is 1. The molecule has 17 heavy (non-hydrogen) atoms. The molecule has 0 fully saturated rings. The first kappa shape index (κ1) is 14.0. The van der Waals surface area contributed by atoms with E-state index in [-0.39, 0.29) is 6.10 Å². The highest BCUT2D eigenvalue weighted by Gasteiger charge is 2.11. The van der Waals surface area contributed by atoms with Gasteiger partial charge in [-0.1, -0.05) is 13.3 Å². The zero-order valence-electron chi connectivity index (χ0n) is 11.4. The number of nitrogens with one attached hydrogen (secondary N) is 1. The second kappa shape index (κ2) is 7.28. The van der Waals surface area contributed by atoms with E-state index < -0.39 is 0 Å². The van der Waals surface area contributed by atoms with Crippen molar-refractivity contribution >= 4 is 0 Å². The third-order valence-corrected chi connectivity index (χ3v) is 2.73. The molecule has 1 aromatic heterocycles. The van der Waals surface area contributed by atoms with Gasteiger partial charge in [-0.2, -0.15) is 0 Å². The van der Waals surface area contributed by atoms with Crippen LogP contribution in [0.25, 0.3) is 0 Å². The lowest BCUT2D eigenvalue weighted by Gasteiger charge is -2.18. The molecule has 3 nitrogen and oxygen atoms in total. The van der Waals surface area contributed by atoms with Crippen LogP contribution in [0, 0.1) is 0 Å². The van der Waals surface area contributed by atoms with Gasteiger partial charge in [0.1, 0.15) is 5.75 Å². The minimum atomic E-state index is 0.204. The molecule has 0 radical (unpaired) electrons. The summed E-state index contributed by atoms with van der Waals surface area (Å²) in [7, 11) is 2.01. The summed E-state index contributed by atoms with van der Waals surface area (Å²) in [6.45, 7) is 6.30. The normalized spacial score (nSPS) is 12.8. The molecule has 0 aliphatic heterocycles. The Bertz CT molecular complexity index is 326. The smallest absolute Gasteiger partial charge is 0.126 e. The molecule has 0 aromatic carbocycles. The highest BCUT2D eigenvalue weighted by Crippen LogP contribution is 2.20. The summed E-state index contributed by atoms with van der Waals surface area (Å²) < 4.78 is 5.80. The Kier molecular flexibility index (Phi) is 5.98. The molecule has 96 valence electrons. The van der Waals surface area contributed by atoms with Crippen molar-refractivity contribution in [3.8, 4) is 5.75 Å². The van der Waals surface area contributed by atoms with E-state index in [1.807, 2.05) is 33.2 Å². The summed E-state index contributed by atoms with van der Waals surface area (Å²) in [6.07, 6.45) is 7.24. The maximum atomic E-state index is 5.80. The van der Waals surface area contributed by atoms with E-state index >= 15 is 0 Å². The van der Waals surface area contributed by atoms with Gasteiger partial charge in [0.25, 0.3) is 0 Å². The SMILES string of the molecule is CCC[C@H](Cc1cnccc1OC(C)C)NC. The number of pyridine rings is 1. The van der Waals surface area contributed by atoms with Crippen LogP contribution < -0.4 is 10.1 Å². The van der Waals surface area contributed by atoms with Crippen LogP contribution in [0.5, 0.6) is 5.75 Å². The summed E-state index contributed by atoms with van der Waals surface area (Å²) in [6, 6.07) is 2.45. The monoisotopic (exact) mass is 236 g/mol. The highest BCUT2D eigenvalue weighted by atomic mass is 16.5. The van der Waals surface area contributed by atoms with Crippen molar-refractivity contribution in [1.29, 1.82) is 0 Å². The van der Waals surface area contributed by atoms with Crippen molar-refractivity contribution in [3.63, 3.8) is 0 Å². The number of rotatable bonds is 7. The quantitative estimate of drug-likeness (QED) is 0.790. The predicted octanol–water partition coefficient (Wildman–Crippen LogP) is 2.80. The maximum Gasteiger partial charge on any atom is 0.126 e. The molecule has 0 unspecified atom stereocenters. The van der Waals surface area contributed by atoms with Crippen LogP contribution >= 0.6 is 0 Å².